The molecule has 0 aliphatic heterocycles. The van der Waals surface area contributed by atoms with Crippen LogP contribution in [0.3, 0.4) is 0 Å². The van der Waals surface area contributed by atoms with Crippen LogP contribution in [0.15, 0.2) is 24.5 Å². The molecule has 0 fully saturated rings. The molecule has 6 nitrogen and oxygen atoms in total. The number of amides is 1. The fourth-order valence-electron chi connectivity index (χ4n) is 0.902. The van der Waals surface area contributed by atoms with Crippen molar-refractivity contribution >= 4 is 17.7 Å². The highest BCUT2D eigenvalue weighted by atomic mass is 16.6. The molecule has 1 amide bonds. The van der Waals surface area contributed by atoms with Crippen molar-refractivity contribution in [2.24, 2.45) is 0 Å². The lowest BCUT2D eigenvalue weighted by Gasteiger charge is -2.23. The Hall–Kier alpha value is -2.11. The zero-order chi connectivity index (χ0) is 14.9. The van der Waals surface area contributed by atoms with Crippen molar-refractivity contribution in [3.8, 4) is 0 Å². The number of hydrogen-bond donors (Lipinski definition) is 2. The molecular weight excluding hydrogens is 248 g/mol. The minimum atomic E-state index is -0.833. The van der Waals surface area contributed by atoms with Gasteiger partial charge in [-0.3, -0.25) is 15.1 Å². The van der Waals surface area contributed by atoms with E-state index in [-0.39, 0.29) is 0 Å². The number of aromatic nitrogens is 1. The summed E-state index contributed by atoms with van der Waals surface area (Å²) in [5.41, 5.74) is 0.249. The van der Waals surface area contributed by atoms with Gasteiger partial charge in [-0.15, -0.1) is 0 Å². The van der Waals surface area contributed by atoms with E-state index in [9.17, 15) is 4.79 Å². The van der Waals surface area contributed by atoms with Crippen LogP contribution in [-0.4, -0.2) is 27.8 Å². The molecule has 0 bridgehead atoms. The molecule has 106 valence electrons. The van der Waals surface area contributed by atoms with E-state index in [1.807, 2.05) is 20.8 Å². The molecule has 0 unspecified atom stereocenters. The predicted octanol–water partition coefficient (Wildman–Crippen LogP) is 2.91. The first-order valence-corrected chi connectivity index (χ1v) is 5.86. The van der Waals surface area contributed by atoms with E-state index in [1.165, 1.54) is 0 Å². The van der Waals surface area contributed by atoms with Crippen LogP contribution < -0.4 is 5.32 Å². The van der Waals surface area contributed by atoms with Gasteiger partial charge in [-0.25, -0.2) is 4.79 Å². The Morgan fingerprint density at radius 3 is 2.26 bits per heavy atom. The normalized spacial score (nSPS) is 9.89. The molecule has 0 aliphatic carbocycles. The summed E-state index contributed by atoms with van der Waals surface area (Å²) in [5.74, 6) is -0.833. The number of carbonyl (C=O) groups excluding carboxylic acids is 1. The summed E-state index contributed by atoms with van der Waals surface area (Å²) in [6, 6.07) is 3.42. The van der Waals surface area contributed by atoms with Crippen molar-refractivity contribution < 1.29 is 19.4 Å². The zero-order valence-corrected chi connectivity index (χ0v) is 11.6. The number of carboxylic acid groups (broad SMARTS) is 1. The van der Waals surface area contributed by atoms with Crippen LogP contribution in [0, 0.1) is 0 Å². The average molecular weight is 268 g/mol. The molecule has 1 rings (SSSR count). The van der Waals surface area contributed by atoms with Crippen LogP contribution >= 0.6 is 0 Å². The largest absolute Gasteiger partial charge is 0.481 e. The predicted molar refractivity (Wildman–Crippen MR) is 72.0 cm³/mol. The maximum Gasteiger partial charge on any atom is 0.412 e. The smallest absolute Gasteiger partial charge is 0.412 e. The van der Waals surface area contributed by atoms with E-state index < -0.39 is 17.7 Å². The highest BCUT2D eigenvalue weighted by molar-refractivity contribution is 5.84. The van der Waals surface area contributed by atoms with Crippen molar-refractivity contribution in [3.05, 3.63) is 24.5 Å². The zero-order valence-electron chi connectivity index (χ0n) is 11.6. The molecule has 0 aromatic carbocycles. The van der Waals surface area contributed by atoms with Gasteiger partial charge >= 0.3 is 6.09 Å². The molecule has 0 saturated heterocycles. The van der Waals surface area contributed by atoms with Gasteiger partial charge in [0.25, 0.3) is 5.97 Å². The van der Waals surface area contributed by atoms with E-state index >= 15 is 0 Å². The van der Waals surface area contributed by atoms with E-state index in [0.29, 0.717) is 5.69 Å². The van der Waals surface area contributed by atoms with Gasteiger partial charge < -0.3 is 9.84 Å². The summed E-state index contributed by atoms with van der Waals surface area (Å²) in [4.78, 5) is 24.3. The quantitative estimate of drug-likeness (QED) is 0.879. The maximum absolute atomic E-state index is 11.4. The Balaban J connectivity index is 0.000000711. The first-order chi connectivity index (χ1) is 8.76. The average Bonchev–Trinajstić information content (AvgIpc) is 2.28. The molecular formula is C13H20N2O4. The summed E-state index contributed by atoms with van der Waals surface area (Å²) in [5, 5.41) is 10.0. The van der Waals surface area contributed by atoms with Gasteiger partial charge in [0.2, 0.25) is 0 Å². The Bertz CT molecular complexity index is 400. The van der Waals surface area contributed by atoms with Crippen LogP contribution in [0.1, 0.15) is 34.1 Å². The number of pyridine rings is 1. The van der Waals surface area contributed by atoms with Gasteiger partial charge in [-0.1, -0.05) is 6.92 Å². The summed E-state index contributed by atoms with van der Waals surface area (Å²) < 4.78 is 5.22. The molecule has 0 radical (unpaired) electrons. The van der Waals surface area contributed by atoms with Gasteiger partial charge in [0.15, 0.2) is 0 Å². The van der Waals surface area contributed by atoms with Crippen molar-refractivity contribution in [2.45, 2.75) is 39.7 Å². The van der Waals surface area contributed by atoms with Gasteiger partial charge in [-0.2, -0.15) is 0 Å². The molecule has 1 aromatic rings. The molecule has 19 heavy (non-hydrogen) atoms. The first kappa shape index (κ1) is 16.9. The highest BCUT2D eigenvalue weighted by Crippen LogP contribution is 2.15. The van der Waals surface area contributed by atoms with Crippen LogP contribution in [-0.2, 0) is 9.53 Å². The number of hydrogen-bond acceptors (Lipinski definition) is 4. The van der Waals surface area contributed by atoms with Crippen molar-refractivity contribution in [2.75, 3.05) is 5.32 Å². The van der Waals surface area contributed by atoms with Gasteiger partial charge in [-0.05, 0) is 32.4 Å². The monoisotopic (exact) mass is 268 g/mol. The van der Waals surface area contributed by atoms with Crippen LogP contribution in [0.25, 0.3) is 0 Å². The number of anilines is 1. The van der Waals surface area contributed by atoms with Gasteiger partial charge in [0, 0.05) is 25.0 Å². The molecule has 2 N–H and O–H groups in total. The molecule has 1 aromatic heterocycles. The Morgan fingerprint density at radius 1 is 1.37 bits per heavy atom. The minimum Gasteiger partial charge on any atom is -0.481 e. The van der Waals surface area contributed by atoms with E-state index in [1.54, 1.807) is 24.5 Å². The summed E-state index contributed by atoms with van der Waals surface area (Å²) >= 11 is 0. The second-order valence-electron chi connectivity index (χ2n) is 4.38. The number of nitrogens with zero attached hydrogens (tertiary/aromatic N) is 1. The Morgan fingerprint density at radius 2 is 1.84 bits per heavy atom. The number of aliphatic carboxylic acids is 1. The third-order valence-electron chi connectivity index (χ3n) is 2.15. The number of carboxylic acids is 1. The van der Waals surface area contributed by atoms with E-state index in [0.717, 1.165) is 13.3 Å². The molecule has 0 spiro atoms. The van der Waals surface area contributed by atoms with Crippen LogP contribution in [0.2, 0.25) is 0 Å². The fourth-order valence-corrected chi connectivity index (χ4v) is 0.902. The summed E-state index contributed by atoms with van der Waals surface area (Å²) in [6.07, 6.45) is 3.56. The lowest BCUT2D eigenvalue weighted by molar-refractivity contribution is -0.134. The third kappa shape index (κ3) is 9.58. The number of rotatable bonds is 3. The number of carbonyl (C=O) groups is 2. The topological polar surface area (TPSA) is 88.5 Å². The highest BCUT2D eigenvalue weighted by Gasteiger charge is 2.20. The molecule has 0 atom stereocenters. The molecule has 1 heterocycles. The van der Waals surface area contributed by atoms with Gasteiger partial charge in [0.05, 0.1) is 0 Å². The standard InChI is InChI=1S/C11H16N2O2.C2H4O2/c1-4-11(2,3)15-10(14)13-9-5-7-12-8-6-9;1-2(3)4/h5-8H,4H2,1-3H3,(H,12,13,14);1H3,(H,3,4). The SMILES string of the molecule is CC(=O)O.CCC(C)(C)OC(=O)Nc1ccncc1. The molecule has 6 heteroatoms. The van der Waals surface area contributed by atoms with Crippen molar-refractivity contribution in [1.29, 1.82) is 0 Å². The number of ether oxygens (including phenoxy) is 1. The van der Waals surface area contributed by atoms with Gasteiger partial charge in [0.1, 0.15) is 5.60 Å². The van der Waals surface area contributed by atoms with Crippen LogP contribution in [0.4, 0.5) is 10.5 Å². The fraction of sp³-hybridized carbons (Fsp3) is 0.462. The third-order valence-corrected chi connectivity index (χ3v) is 2.15. The van der Waals surface area contributed by atoms with Crippen molar-refractivity contribution in [3.63, 3.8) is 0 Å². The van der Waals surface area contributed by atoms with Crippen molar-refractivity contribution in [1.82, 2.24) is 4.98 Å². The lowest BCUT2D eigenvalue weighted by Crippen LogP contribution is -2.29. The summed E-state index contributed by atoms with van der Waals surface area (Å²) in [6.45, 7) is 6.80. The second kappa shape index (κ2) is 8.07. The Labute approximate surface area is 112 Å². The van der Waals surface area contributed by atoms with Crippen LogP contribution in [0.5, 0.6) is 0 Å². The maximum atomic E-state index is 11.4. The van der Waals surface area contributed by atoms with E-state index in [2.05, 4.69) is 10.3 Å². The minimum absolute atomic E-state index is 0.433. The molecule has 0 aliphatic rings. The Kier molecular flexibility index (Phi) is 7.18. The lowest BCUT2D eigenvalue weighted by atomic mass is 10.1. The first-order valence-electron chi connectivity index (χ1n) is 5.86. The number of nitrogens with one attached hydrogen (secondary N) is 1. The molecule has 0 saturated carbocycles. The second-order valence-corrected chi connectivity index (χ2v) is 4.38. The van der Waals surface area contributed by atoms with E-state index in [4.69, 9.17) is 14.6 Å². The summed E-state index contributed by atoms with van der Waals surface area (Å²) in [7, 11) is 0.